The van der Waals surface area contributed by atoms with Crippen LogP contribution in [0.2, 0.25) is 5.02 Å². The molecule has 6 heteroatoms. The van der Waals surface area contributed by atoms with E-state index in [1.165, 1.54) is 0 Å². The highest BCUT2D eigenvalue weighted by Gasteiger charge is 2.06. The molecule has 2 aromatic carbocycles. The molecule has 0 aliphatic rings. The Hall–Kier alpha value is -0.490. The number of ketones is 2. The van der Waals surface area contributed by atoms with Gasteiger partial charge in [-0.25, -0.2) is 0 Å². The van der Waals surface area contributed by atoms with Crippen molar-refractivity contribution in [3.05, 3.63) is 68.7 Å². The lowest BCUT2D eigenvalue weighted by Crippen LogP contribution is -1.99. The van der Waals surface area contributed by atoms with Crippen molar-refractivity contribution < 1.29 is 9.59 Å². The average Bonchev–Trinajstić information content (AvgIpc) is 2.57. The summed E-state index contributed by atoms with van der Waals surface area (Å²) in [5.41, 5.74) is 2.36. The minimum atomic E-state index is 0.0785. The van der Waals surface area contributed by atoms with Gasteiger partial charge < -0.3 is 0 Å². The lowest BCUT2D eigenvalue weighted by molar-refractivity contribution is 0.101. The average molecular weight is 525 g/mol. The van der Waals surface area contributed by atoms with Crippen LogP contribution in [0.15, 0.2) is 46.9 Å². The van der Waals surface area contributed by atoms with Crippen LogP contribution < -0.4 is 0 Å². The van der Waals surface area contributed by atoms with Crippen LogP contribution in [-0.2, 0) is 0 Å². The molecule has 0 aliphatic heterocycles. The summed E-state index contributed by atoms with van der Waals surface area (Å²) in [7, 11) is 0. The molecule has 0 atom stereocenters. The molecule has 23 heavy (non-hydrogen) atoms. The van der Waals surface area contributed by atoms with Gasteiger partial charge in [0.1, 0.15) is 0 Å². The third-order valence-electron chi connectivity index (χ3n) is 2.90. The van der Waals surface area contributed by atoms with Gasteiger partial charge in [0.25, 0.3) is 0 Å². The van der Waals surface area contributed by atoms with E-state index in [-0.39, 0.29) is 11.6 Å². The third-order valence-corrected chi connectivity index (χ3v) is 5.03. The van der Waals surface area contributed by atoms with E-state index in [0.717, 1.165) is 15.6 Å². The first-order chi connectivity index (χ1) is 10.9. The summed E-state index contributed by atoms with van der Waals surface area (Å²) in [4.78, 5) is 22.3. The van der Waals surface area contributed by atoms with E-state index in [1.807, 2.05) is 25.1 Å². The fourth-order valence-corrected chi connectivity index (χ4v) is 2.90. The van der Waals surface area contributed by atoms with E-state index in [4.69, 9.17) is 11.6 Å². The Morgan fingerprint density at radius 3 is 2.13 bits per heavy atom. The molecule has 0 spiro atoms. The van der Waals surface area contributed by atoms with Crippen LogP contribution in [0, 0.1) is 6.92 Å². The summed E-state index contributed by atoms with van der Waals surface area (Å²) in [6.45, 7) is 1.88. The van der Waals surface area contributed by atoms with Crippen LogP contribution in [0.3, 0.4) is 0 Å². The molecule has 0 radical (unpaired) electrons. The van der Waals surface area contributed by atoms with Gasteiger partial charge in [0.15, 0.2) is 11.6 Å². The number of hydrogen-bond donors (Lipinski definition) is 0. The smallest absolute Gasteiger partial charge is 0.174 e. The highest BCUT2D eigenvalue weighted by molar-refractivity contribution is 9.10. The van der Waals surface area contributed by atoms with E-state index in [9.17, 15) is 9.59 Å². The highest BCUT2D eigenvalue weighted by atomic mass is 79.9. The molecule has 0 amide bonds. The molecule has 122 valence electrons. The largest absolute Gasteiger partial charge is 0.293 e. The fraction of sp³-hybridized carbons (Fsp3) is 0.176. The summed E-state index contributed by atoms with van der Waals surface area (Å²) in [5.74, 6) is 0.173. The topological polar surface area (TPSA) is 34.1 Å². The van der Waals surface area contributed by atoms with Crippen molar-refractivity contribution in [2.45, 2.75) is 6.92 Å². The molecular weight excluding hydrogens is 511 g/mol. The van der Waals surface area contributed by atoms with Crippen LogP contribution in [0.25, 0.3) is 0 Å². The number of halogens is 4. The van der Waals surface area contributed by atoms with E-state index in [2.05, 4.69) is 47.8 Å². The van der Waals surface area contributed by atoms with E-state index in [0.29, 0.717) is 21.2 Å². The van der Waals surface area contributed by atoms with Crippen LogP contribution >= 0.6 is 59.4 Å². The second-order valence-electron chi connectivity index (χ2n) is 4.56. The lowest BCUT2D eigenvalue weighted by atomic mass is 10.1. The molecular formula is C17H14Br3ClO2. The van der Waals surface area contributed by atoms with Crippen LogP contribution in [0.1, 0.15) is 26.3 Å². The molecule has 0 aliphatic carbocycles. The summed E-state index contributed by atoms with van der Waals surface area (Å²) in [5, 5.41) is 1.42. The Labute approximate surface area is 166 Å². The molecule has 2 aromatic rings. The summed E-state index contributed by atoms with van der Waals surface area (Å²) >= 11 is 15.3. The molecule has 2 rings (SSSR count). The van der Waals surface area contributed by atoms with Crippen LogP contribution in [0.4, 0.5) is 0 Å². The molecule has 0 fully saturated rings. The Balaban J connectivity index is 0.000000231. The standard InChI is InChI=1S/C9H8BrClO.C8H6Br2O/c1-6-4-7(9(12)5-10)2-3-8(6)11;9-5-8(11)6-3-1-2-4-7(6)10/h2-4H,5H2,1H3;1-4H,5H2. The van der Waals surface area contributed by atoms with Gasteiger partial charge in [-0.2, -0.15) is 0 Å². The summed E-state index contributed by atoms with van der Waals surface area (Å²) in [6, 6.07) is 12.7. The normalized spacial score (nSPS) is 9.78. The fourth-order valence-electron chi connectivity index (χ4n) is 1.65. The molecule has 0 heterocycles. The summed E-state index contributed by atoms with van der Waals surface area (Å²) in [6.07, 6.45) is 0. The highest BCUT2D eigenvalue weighted by Crippen LogP contribution is 2.17. The first-order valence-corrected chi connectivity index (χ1v) is 10.0. The second-order valence-corrected chi connectivity index (χ2v) is 6.94. The maximum Gasteiger partial charge on any atom is 0.174 e. The zero-order valence-electron chi connectivity index (χ0n) is 12.3. The van der Waals surface area contributed by atoms with Crippen LogP contribution in [0.5, 0.6) is 0 Å². The molecule has 0 N–H and O–H groups in total. The molecule has 2 nitrogen and oxygen atoms in total. The molecule has 0 unspecified atom stereocenters. The SMILES string of the molecule is Cc1cc(C(=O)CBr)ccc1Cl.O=C(CBr)c1ccccc1Br. The first-order valence-electron chi connectivity index (χ1n) is 6.59. The summed E-state index contributed by atoms with van der Waals surface area (Å²) < 4.78 is 0.851. The van der Waals surface area contributed by atoms with Crippen molar-refractivity contribution in [3.63, 3.8) is 0 Å². The maximum atomic E-state index is 11.2. The number of hydrogen-bond acceptors (Lipinski definition) is 2. The monoisotopic (exact) mass is 522 g/mol. The minimum Gasteiger partial charge on any atom is -0.293 e. The molecule has 0 saturated carbocycles. The second kappa shape index (κ2) is 10.4. The number of rotatable bonds is 4. The van der Waals surface area contributed by atoms with Gasteiger partial charge in [0.05, 0.1) is 10.7 Å². The van der Waals surface area contributed by atoms with E-state index < -0.39 is 0 Å². The van der Waals surface area contributed by atoms with Crippen molar-refractivity contribution in [2.24, 2.45) is 0 Å². The van der Waals surface area contributed by atoms with Gasteiger partial charge in [-0.3, -0.25) is 9.59 Å². The number of alkyl halides is 2. The van der Waals surface area contributed by atoms with Crippen molar-refractivity contribution in [3.8, 4) is 0 Å². The predicted molar refractivity (Wildman–Crippen MR) is 107 cm³/mol. The number of benzene rings is 2. The van der Waals surface area contributed by atoms with Gasteiger partial charge in [0.2, 0.25) is 0 Å². The molecule has 0 bridgehead atoms. The predicted octanol–water partition coefficient (Wildman–Crippen LogP) is 6.25. The van der Waals surface area contributed by atoms with Crippen LogP contribution in [-0.4, -0.2) is 22.2 Å². The van der Waals surface area contributed by atoms with Crippen molar-refractivity contribution in [1.29, 1.82) is 0 Å². The quantitative estimate of drug-likeness (QED) is 0.349. The molecule has 0 saturated heterocycles. The van der Waals surface area contributed by atoms with E-state index in [1.54, 1.807) is 24.3 Å². The number of carbonyl (C=O) groups excluding carboxylic acids is 2. The van der Waals surface area contributed by atoms with E-state index >= 15 is 0 Å². The first kappa shape index (κ1) is 20.6. The molecule has 0 aromatic heterocycles. The van der Waals surface area contributed by atoms with Gasteiger partial charge in [-0.15, -0.1) is 0 Å². The number of aryl methyl sites for hydroxylation is 1. The Morgan fingerprint density at radius 2 is 1.61 bits per heavy atom. The lowest BCUT2D eigenvalue weighted by Gasteiger charge is -2.00. The third kappa shape index (κ3) is 6.49. The zero-order chi connectivity index (χ0) is 17.4. The maximum absolute atomic E-state index is 11.2. The minimum absolute atomic E-state index is 0.0785. The van der Waals surface area contributed by atoms with Gasteiger partial charge in [-0.1, -0.05) is 77.6 Å². The number of carbonyl (C=O) groups is 2. The Kier molecular flexibility index (Phi) is 9.29. The van der Waals surface area contributed by atoms with Crippen molar-refractivity contribution in [1.82, 2.24) is 0 Å². The van der Waals surface area contributed by atoms with Crippen molar-refractivity contribution in [2.75, 3.05) is 10.7 Å². The van der Waals surface area contributed by atoms with Gasteiger partial charge >= 0.3 is 0 Å². The Morgan fingerprint density at radius 1 is 1.00 bits per heavy atom. The zero-order valence-corrected chi connectivity index (χ0v) is 17.8. The van der Waals surface area contributed by atoms with Gasteiger partial charge in [-0.05, 0) is 36.8 Å². The van der Waals surface area contributed by atoms with Crippen molar-refractivity contribution >= 4 is 71.0 Å². The number of Topliss-reactive ketones (excluding diaryl/α,β-unsaturated/α-hetero) is 2. The Bertz CT molecular complexity index is 702. The van der Waals surface area contributed by atoms with Gasteiger partial charge in [0, 0.05) is 20.6 Å².